The van der Waals surface area contributed by atoms with Crippen LogP contribution >= 0.6 is 0 Å². The van der Waals surface area contributed by atoms with Gasteiger partial charge in [0.1, 0.15) is 11.8 Å². The van der Waals surface area contributed by atoms with Crippen LogP contribution in [0.1, 0.15) is 45.4 Å². The summed E-state index contributed by atoms with van der Waals surface area (Å²) in [5, 5.41) is 2.92. The highest BCUT2D eigenvalue weighted by molar-refractivity contribution is 5.99. The van der Waals surface area contributed by atoms with Crippen molar-refractivity contribution in [3.63, 3.8) is 0 Å². The normalized spacial score (nSPS) is 22.8. The Morgan fingerprint density at radius 3 is 2.50 bits per heavy atom. The molecule has 2 aliphatic rings. The molecule has 1 aliphatic carbocycles. The van der Waals surface area contributed by atoms with Gasteiger partial charge in [-0.2, -0.15) is 0 Å². The van der Waals surface area contributed by atoms with E-state index in [4.69, 9.17) is 4.74 Å². The fraction of sp³-hybridized carbons (Fsp3) is 0.524. The second kappa shape index (κ2) is 8.39. The summed E-state index contributed by atoms with van der Waals surface area (Å²) in [6.07, 6.45) is 7.68. The van der Waals surface area contributed by atoms with Crippen LogP contribution in [-0.2, 0) is 9.59 Å². The van der Waals surface area contributed by atoms with Crippen LogP contribution in [-0.4, -0.2) is 36.4 Å². The monoisotopic (exact) mass is 356 g/mol. The molecule has 2 fully saturated rings. The van der Waals surface area contributed by atoms with E-state index in [9.17, 15) is 9.59 Å². The van der Waals surface area contributed by atoms with Crippen LogP contribution < -0.4 is 10.1 Å². The number of amides is 2. The lowest BCUT2D eigenvalue weighted by Crippen LogP contribution is -2.42. The second-order valence-corrected chi connectivity index (χ2v) is 7.39. The van der Waals surface area contributed by atoms with E-state index < -0.39 is 0 Å². The maximum atomic E-state index is 12.7. The van der Waals surface area contributed by atoms with Crippen molar-refractivity contribution in [2.24, 2.45) is 5.92 Å². The number of carbonyl (C=O) groups is 2. The molecule has 1 saturated heterocycles. The molecule has 1 aliphatic heterocycles. The molecule has 1 atom stereocenters. The minimum Gasteiger partial charge on any atom is -0.497 e. The molecule has 0 radical (unpaired) electrons. The number of nitrogens with zero attached hydrogens (tertiary/aromatic N) is 1. The van der Waals surface area contributed by atoms with Gasteiger partial charge in [-0.05, 0) is 68.7 Å². The van der Waals surface area contributed by atoms with E-state index in [2.05, 4.69) is 12.2 Å². The number of anilines is 1. The van der Waals surface area contributed by atoms with E-state index in [1.807, 2.05) is 24.3 Å². The van der Waals surface area contributed by atoms with Crippen molar-refractivity contribution < 1.29 is 14.3 Å². The molecule has 5 heteroatoms. The maximum absolute atomic E-state index is 12.7. The molecule has 26 heavy (non-hydrogen) atoms. The summed E-state index contributed by atoms with van der Waals surface area (Å²) in [6.45, 7) is 2.92. The predicted molar refractivity (Wildman–Crippen MR) is 102 cm³/mol. The van der Waals surface area contributed by atoms with Gasteiger partial charge in [0.2, 0.25) is 11.8 Å². The van der Waals surface area contributed by atoms with Crippen LogP contribution in [0.4, 0.5) is 5.69 Å². The number of hydrogen-bond acceptors (Lipinski definition) is 3. The largest absolute Gasteiger partial charge is 0.497 e. The van der Waals surface area contributed by atoms with Gasteiger partial charge in [-0.1, -0.05) is 12.5 Å². The summed E-state index contributed by atoms with van der Waals surface area (Å²) in [5.74, 6) is 1.37. The molecule has 2 amide bonds. The Bertz CT molecular complexity index is 671. The Morgan fingerprint density at radius 2 is 1.85 bits per heavy atom. The molecule has 5 nitrogen and oxygen atoms in total. The van der Waals surface area contributed by atoms with Gasteiger partial charge in [-0.3, -0.25) is 9.59 Å². The Hall–Kier alpha value is -2.30. The van der Waals surface area contributed by atoms with E-state index in [1.54, 1.807) is 18.1 Å². The SMILES string of the molecule is COc1ccc(NC(=O)C2CCCN2C(=O)C=C2CCC(C)CC2)cc1. The number of hydrogen-bond donors (Lipinski definition) is 1. The fourth-order valence-corrected chi connectivity index (χ4v) is 3.74. The van der Waals surface area contributed by atoms with Gasteiger partial charge in [0.05, 0.1) is 7.11 Å². The number of methoxy groups -OCH3 is 1. The molecule has 1 N–H and O–H groups in total. The lowest BCUT2D eigenvalue weighted by molar-refractivity contribution is -0.132. The molecule has 1 aromatic carbocycles. The highest BCUT2D eigenvalue weighted by Gasteiger charge is 2.33. The topological polar surface area (TPSA) is 58.6 Å². The van der Waals surface area contributed by atoms with Crippen LogP contribution in [0.5, 0.6) is 5.75 Å². The molecular formula is C21H28N2O3. The third-order valence-corrected chi connectivity index (χ3v) is 5.44. The summed E-state index contributed by atoms with van der Waals surface area (Å²) in [5.41, 5.74) is 1.95. The van der Waals surface area contributed by atoms with Gasteiger partial charge in [0.25, 0.3) is 0 Å². The first-order valence-electron chi connectivity index (χ1n) is 9.52. The van der Waals surface area contributed by atoms with Crippen molar-refractivity contribution in [1.29, 1.82) is 0 Å². The van der Waals surface area contributed by atoms with Crippen LogP contribution in [0, 0.1) is 5.92 Å². The van der Waals surface area contributed by atoms with E-state index in [0.29, 0.717) is 13.0 Å². The van der Waals surface area contributed by atoms with Gasteiger partial charge < -0.3 is 15.0 Å². The molecule has 3 rings (SSSR count). The first-order chi connectivity index (χ1) is 12.6. The summed E-state index contributed by atoms with van der Waals surface area (Å²) in [7, 11) is 1.61. The first kappa shape index (κ1) is 18.5. The van der Waals surface area contributed by atoms with Gasteiger partial charge in [-0.15, -0.1) is 0 Å². The molecular weight excluding hydrogens is 328 g/mol. The fourth-order valence-electron chi connectivity index (χ4n) is 3.74. The third kappa shape index (κ3) is 4.45. The van der Waals surface area contributed by atoms with E-state index in [-0.39, 0.29) is 17.9 Å². The predicted octanol–water partition coefficient (Wildman–Crippen LogP) is 3.76. The number of ether oxygens (including phenoxy) is 1. The average molecular weight is 356 g/mol. The molecule has 0 aromatic heterocycles. The van der Waals surface area contributed by atoms with Crippen molar-refractivity contribution in [1.82, 2.24) is 4.90 Å². The van der Waals surface area contributed by atoms with E-state index in [0.717, 1.165) is 49.5 Å². The zero-order valence-corrected chi connectivity index (χ0v) is 15.7. The number of nitrogens with one attached hydrogen (secondary N) is 1. The minimum atomic E-state index is -0.385. The minimum absolute atomic E-state index is 0.0121. The van der Waals surface area contributed by atoms with Crippen molar-refractivity contribution in [2.75, 3.05) is 19.0 Å². The summed E-state index contributed by atoms with van der Waals surface area (Å²) >= 11 is 0. The van der Waals surface area contributed by atoms with Crippen molar-refractivity contribution in [2.45, 2.75) is 51.5 Å². The van der Waals surface area contributed by atoms with Gasteiger partial charge in [-0.25, -0.2) is 0 Å². The van der Waals surface area contributed by atoms with E-state index >= 15 is 0 Å². The second-order valence-electron chi connectivity index (χ2n) is 7.39. The number of likely N-dealkylation sites (tertiary alicyclic amines) is 1. The number of benzene rings is 1. The van der Waals surface area contributed by atoms with Crippen molar-refractivity contribution in [3.05, 3.63) is 35.9 Å². The summed E-state index contributed by atoms with van der Waals surface area (Å²) in [4.78, 5) is 27.1. The maximum Gasteiger partial charge on any atom is 0.247 e. The zero-order valence-electron chi connectivity index (χ0n) is 15.7. The van der Waals surface area contributed by atoms with Crippen LogP contribution in [0.2, 0.25) is 0 Å². The lowest BCUT2D eigenvalue weighted by atomic mass is 9.87. The van der Waals surface area contributed by atoms with Crippen molar-refractivity contribution >= 4 is 17.5 Å². The summed E-state index contributed by atoms with van der Waals surface area (Å²) in [6, 6.07) is 6.85. The Labute approximate surface area is 155 Å². The standard InChI is InChI=1S/C21H28N2O3/c1-15-5-7-16(8-6-15)14-20(24)23-13-3-4-19(23)21(25)22-17-9-11-18(26-2)12-10-17/h9-12,14-15,19H,3-8,13H2,1-2H3,(H,22,25). The highest BCUT2D eigenvalue weighted by Crippen LogP contribution is 2.28. The van der Waals surface area contributed by atoms with Gasteiger partial charge >= 0.3 is 0 Å². The number of allylic oxidation sites excluding steroid dienone is 1. The molecule has 1 saturated carbocycles. The van der Waals surface area contributed by atoms with Gasteiger partial charge in [0, 0.05) is 18.3 Å². The molecule has 1 aromatic rings. The zero-order chi connectivity index (χ0) is 18.5. The number of carbonyl (C=O) groups excluding carboxylic acids is 2. The Balaban J connectivity index is 1.62. The smallest absolute Gasteiger partial charge is 0.247 e. The van der Waals surface area contributed by atoms with Crippen LogP contribution in [0.25, 0.3) is 0 Å². The Morgan fingerprint density at radius 1 is 1.15 bits per heavy atom. The molecule has 1 heterocycles. The quantitative estimate of drug-likeness (QED) is 0.836. The number of rotatable bonds is 4. The molecule has 140 valence electrons. The first-order valence-corrected chi connectivity index (χ1v) is 9.52. The Kier molecular flexibility index (Phi) is 5.96. The van der Waals surface area contributed by atoms with Crippen molar-refractivity contribution in [3.8, 4) is 5.75 Å². The lowest BCUT2D eigenvalue weighted by Gasteiger charge is -2.24. The van der Waals surface area contributed by atoms with Crippen LogP contribution in [0.3, 0.4) is 0 Å². The molecule has 0 bridgehead atoms. The summed E-state index contributed by atoms with van der Waals surface area (Å²) < 4.78 is 5.13. The molecule has 1 unspecified atom stereocenters. The van der Waals surface area contributed by atoms with Crippen LogP contribution in [0.15, 0.2) is 35.9 Å². The third-order valence-electron chi connectivity index (χ3n) is 5.44. The molecule has 0 spiro atoms. The van der Waals surface area contributed by atoms with Gasteiger partial charge in [0.15, 0.2) is 0 Å². The highest BCUT2D eigenvalue weighted by atomic mass is 16.5. The van der Waals surface area contributed by atoms with E-state index in [1.165, 1.54) is 5.57 Å². The average Bonchev–Trinajstić information content (AvgIpc) is 3.14.